The monoisotopic (exact) mass is 351 g/mol. The first kappa shape index (κ1) is 14.1. The lowest BCUT2D eigenvalue weighted by molar-refractivity contribution is -0.0790. The van der Waals surface area contributed by atoms with Gasteiger partial charge in [-0.1, -0.05) is 22.0 Å². The van der Waals surface area contributed by atoms with Gasteiger partial charge >= 0.3 is 0 Å². The average molecular weight is 352 g/mol. The Morgan fingerprint density at radius 1 is 1.38 bits per heavy atom. The number of nitrogens with zero attached hydrogens (tertiary/aromatic N) is 3. The standard InChI is InChI=1S/C14H11BrFN3O2/c1-21-14(20)12-11-6-9(16)7-17-13(11)19(18-12)10-4-2-3-8(15)5-10/h2-7,14,20H,1H3. The van der Waals surface area contributed by atoms with Gasteiger partial charge in [-0.05, 0) is 24.3 Å². The van der Waals surface area contributed by atoms with Gasteiger partial charge in [-0.2, -0.15) is 5.10 Å². The highest BCUT2D eigenvalue weighted by Crippen LogP contribution is 2.26. The maximum atomic E-state index is 13.4. The Labute approximate surface area is 128 Å². The third-order valence-electron chi connectivity index (χ3n) is 3.03. The van der Waals surface area contributed by atoms with Crippen LogP contribution in [-0.4, -0.2) is 27.0 Å². The number of halogens is 2. The molecule has 7 heteroatoms. The minimum absolute atomic E-state index is 0.222. The Kier molecular flexibility index (Phi) is 3.71. The van der Waals surface area contributed by atoms with Gasteiger partial charge in [-0.15, -0.1) is 0 Å². The second-order valence-corrected chi connectivity index (χ2v) is 5.31. The second-order valence-electron chi connectivity index (χ2n) is 4.39. The summed E-state index contributed by atoms with van der Waals surface area (Å²) in [5, 5.41) is 14.6. The molecule has 2 heterocycles. The van der Waals surface area contributed by atoms with Crippen LogP contribution in [0.2, 0.25) is 0 Å². The molecule has 0 bridgehead atoms. The molecule has 3 aromatic rings. The van der Waals surface area contributed by atoms with E-state index in [4.69, 9.17) is 4.74 Å². The normalized spacial score (nSPS) is 12.8. The third kappa shape index (κ3) is 2.55. The number of aliphatic hydroxyl groups is 1. The van der Waals surface area contributed by atoms with E-state index in [1.54, 1.807) is 0 Å². The summed E-state index contributed by atoms with van der Waals surface area (Å²) in [6.07, 6.45) is -0.133. The molecule has 0 saturated carbocycles. The molecule has 1 aromatic carbocycles. The Balaban J connectivity index is 2.28. The SMILES string of the molecule is COC(O)c1nn(-c2cccc(Br)c2)c2ncc(F)cc12. The number of aliphatic hydroxyl groups excluding tert-OH is 1. The van der Waals surface area contributed by atoms with Gasteiger partial charge in [0.05, 0.1) is 17.3 Å². The van der Waals surface area contributed by atoms with Crippen molar-refractivity contribution in [1.82, 2.24) is 14.8 Å². The number of rotatable bonds is 3. The molecule has 0 saturated heterocycles. The van der Waals surface area contributed by atoms with Crippen molar-refractivity contribution in [3.63, 3.8) is 0 Å². The number of benzene rings is 1. The third-order valence-corrected chi connectivity index (χ3v) is 3.52. The zero-order chi connectivity index (χ0) is 15.0. The summed E-state index contributed by atoms with van der Waals surface area (Å²) in [6.45, 7) is 0. The number of aromatic nitrogens is 3. The Bertz CT molecular complexity index is 806. The number of ether oxygens (including phenoxy) is 1. The first-order valence-corrected chi connectivity index (χ1v) is 6.90. The first-order valence-electron chi connectivity index (χ1n) is 6.11. The molecule has 0 spiro atoms. The van der Waals surface area contributed by atoms with Crippen LogP contribution in [0, 0.1) is 5.82 Å². The van der Waals surface area contributed by atoms with Crippen LogP contribution in [0.25, 0.3) is 16.7 Å². The highest BCUT2D eigenvalue weighted by atomic mass is 79.9. The highest BCUT2D eigenvalue weighted by Gasteiger charge is 2.19. The van der Waals surface area contributed by atoms with E-state index in [2.05, 4.69) is 26.0 Å². The van der Waals surface area contributed by atoms with E-state index in [-0.39, 0.29) is 5.69 Å². The molecule has 3 rings (SSSR count). The molecule has 2 aromatic heterocycles. The van der Waals surface area contributed by atoms with E-state index >= 15 is 0 Å². The van der Waals surface area contributed by atoms with Gasteiger partial charge in [0.2, 0.25) is 6.29 Å². The molecule has 1 unspecified atom stereocenters. The van der Waals surface area contributed by atoms with E-state index in [0.29, 0.717) is 11.0 Å². The van der Waals surface area contributed by atoms with Crippen molar-refractivity contribution in [3.05, 3.63) is 52.5 Å². The van der Waals surface area contributed by atoms with E-state index in [1.807, 2.05) is 24.3 Å². The molecule has 21 heavy (non-hydrogen) atoms. The summed E-state index contributed by atoms with van der Waals surface area (Å²) >= 11 is 3.39. The van der Waals surface area contributed by atoms with E-state index in [0.717, 1.165) is 16.4 Å². The highest BCUT2D eigenvalue weighted by molar-refractivity contribution is 9.10. The van der Waals surface area contributed by atoms with Crippen molar-refractivity contribution >= 4 is 27.0 Å². The van der Waals surface area contributed by atoms with Crippen LogP contribution in [0.3, 0.4) is 0 Å². The minimum Gasteiger partial charge on any atom is -0.363 e. The smallest absolute Gasteiger partial charge is 0.200 e. The molecule has 108 valence electrons. The fourth-order valence-electron chi connectivity index (χ4n) is 2.08. The fraction of sp³-hybridized carbons (Fsp3) is 0.143. The molecule has 1 N–H and O–H groups in total. The summed E-state index contributed by atoms with van der Waals surface area (Å²) in [7, 11) is 1.35. The molecule has 0 fully saturated rings. The number of hydrogen-bond acceptors (Lipinski definition) is 4. The zero-order valence-corrected chi connectivity index (χ0v) is 12.6. The minimum atomic E-state index is -1.25. The van der Waals surface area contributed by atoms with Crippen LogP contribution in [0.15, 0.2) is 41.0 Å². The van der Waals surface area contributed by atoms with Crippen LogP contribution >= 0.6 is 15.9 Å². The summed E-state index contributed by atoms with van der Waals surface area (Å²) < 4.78 is 20.7. The van der Waals surface area contributed by atoms with E-state index in [1.165, 1.54) is 17.9 Å². The molecule has 0 radical (unpaired) electrons. The van der Waals surface area contributed by atoms with Crippen molar-refractivity contribution in [1.29, 1.82) is 0 Å². The lowest BCUT2D eigenvalue weighted by atomic mass is 10.2. The van der Waals surface area contributed by atoms with E-state index in [9.17, 15) is 9.50 Å². The lowest BCUT2D eigenvalue weighted by Crippen LogP contribution is -2.03. The maximum Gasteiger partial charge on any atom is 0.200 e. The molecule has 0 amide bonds. The van der Waals surface area contributed by atoms with Crippen molar-refractivity contribution in [2.24, 2.45) is 0 Å². The van der Waals surface area contributed by atoms with Crippen molar-refractivity contribution in [3.8, 4) is 5.69 Å². The fourth-order valence-corrected chi connectivity index (χ4v) is 2.47. The summed E-state index contributed by atoms with van der Waals surface area (Å²) in [4.78, 5) is 4.07. The van der Waals surface area contributed by atoms with Crippen LogP contribution in [0.4, 0.5) is 4.39 Å². The van der Waals surface area contributed by atoms with Crippen LogP contribution < -0.4 is 0 Å². The molecule has 0 aliphatic carbocycles. The van der Waals surface area contributed by atoms with Gasteiger partial charge in [-0.3, -0.25) is 0 Å². The number of pyridine rings is 1. The molecular weight excluding hydrogens is 341 g/mol. The topological polar surface area (TPSA) is 60.2 Å². The zero-order valence-electron chi connectivity index (χ0n) is 11.0. The predicted molar refractivity (Wildman–Crippen MR) is 78.5 cm³/mol. The Morgan fingerprint density at radius 2 is 2.19 bits per heavy atom. The van der Waals surface area contributed by atoms with Crippen molar-refractivity contribution in [2.75, 3.05) is 7.11 Å². The summed E-state index contributed by atoms with van der Waals surface area (Å²) in [6, 6.07) is 8.70. The largest absolute Gasteiger partial charge is 0.363 e. The van der Waals surface area contributed by atoms with Crippen LogP contribution in [-0.2, 0) is 4.74 Å². The molecular formula is C14H11BrFN3O2. The summed E-state index contributed by atoms with van der Waals surface area (Å²) in [5.41, 5.74) is 1.41. The van der Waals surface area contributed by atoms with Gasteiger partial charge in [-0.25, -0.2) is 14.1 Å². The van der Waals surface area contributed by atoms with Gasteiger partial charge < -0.3 is 9.84 Å². The van der Waals surface area contributed by atoms with Gasteiger partial charge in [0, 0.05) is 11.6 Å². The molecule has 1 atom stereocenters. The van der Waals surface area contributed by atoms with E-state index < -0.39 is 12.1 Å². The van der Waals surface area contributed by atoms with Crippen LogP contribution in [0.5, 0.6) is 0 Å². The average Bonchev–Trinajstić information content (AvgIpc) is 2.85. The van der Waals surface area contributed by atoms with Crippen LogP contribution in [0.1, 0.15) is 12.0 Å². The van der Waals surface area contributed by atoms with Crippen molar-refractivity contribution in [2.45, 2.75) is 6.29 Å². The molecule has 0 aliphatic rings. The number of hydrogen-bond donors (Lipinski definition) is 1. The number of methoxy groups -OCH3 is 1. The molecule has 5 nitrogen and oxygen atoms in total. The number of fused-ring (bicyclic) bond motifs is 1. The summed E-state index contributed by atoms with van der Waals surface area (Å²) in [5.74, 6) is -0.499. The lowest BCUT2D eigenvalue weighted by Gasteiger charge is -2.04. The maximum absolute atomic E-state index is 13.4. The Morgan fingerprint density at radius 3 is 2.90 bits per heavy atom. The van der Waals surface area contributed by atoms with Crippen molar-refractivity contribution < 1.29 is 14.2 Å². The van der Waals surface area contributed by atoms with Gasteiger partial charge in [0.15, 0.2) is 5.65 Å². The quantitative estimate of drug-likeness (QED) is 0.737. The Hall–Kier alpha value is -1.83. The molecule has 0 aliphatic heterocycles. The van der Waals surface area contributed by atoms with Gasteiger partial charge in [0.25, 0.3) is 0 Å². The second kappa shape index (κ2) is 5.51. The predicted octanol–water partition coefficient (Wildman–Crippen LogP) is 2.96. The first-order chi connectivity index (χ1) is 10.1. The van der Waals surface area contributed by atoms with Gasteiger partial charge in [0.1, 0.15) is 11.5 Å².